The summed E-state index contributed by atoms with van der Waals surface area (Å²) in [6, 6.07) is 7.34. The number of hydrogen-bond acceptors (Lipinski definition) is 3. The van der Waals surface area contributed by atoms with Crippen LogP contribution in [0.25, 0.3) is 0 Å². The van der Waals surface area contributed by atoms with Crippen LogP contribution >= 0.6 is 0 Å². The molecule has 2 rings (SSSR count). The number of methoxy groups -OCH3 is 1. The van der Waals surface area contributed by atoms with Gasteiger partial charge in [-0.15, -0.1) is 0 Å². The van der Waals surface area contributed by atoms with E-state index >= 15 is 0 Å². The lowest BCUT2D eigenvalue weighted by atomic mass is 10.0. The fourth-order valence-electron chi connectivity index (χ4n) is 2.01. The van der Waals surface area contributed by atoms with Crippen molar-refractivity contribution in [3.05, 3.63) is 24.3 Å². The second-order valence-electron chi connectivity index (χ2n) is 4.22. The quantitative estimate of drug-likeness (QED) is 0.838. The van der Waals surface area contributed by atoms with Crippen molar-refractivity contribution in [3.63, 3.8) is 0 Å². The van der Waals surface area contributed by atoms with Gasteiger partial charge in [0.1, 0.15) is 5.75 Å². The lowest BCUT2D eigenvalue weighted by molar-refractivity contribution is -0.118. The molecular weight excluding hydrogens is 216 g/mol. The maximum Gasteiger partial charge on any atom is 0.241 e. The van der Waals surface area contributed by atoms with Crippen molar-refractivity contribution in [3.8, 4) is 5.75 Å². The molecule has 4 nitrogen and oxygen atoms in total. The number of carbonyl (C=O) groups is 1. The van der Waals surface area contributed by atoms with Crippen molar-refractivity contribution in [1.29, 1.82) is 0 Å². The molecule has 1 fully saturated rings. The third-order valence-corrected chi connectivity index (χ3v) is 2.96. The lowest BCUT2D eigenvalue weighted by Crippen LogP contribution is -2.43. The van der Waals surface area contributed by atoms with Crippen molar-refractivity contribution in [2.45, 2.75) is 25.3 Å². The van der Waals surface area contributed by atoms with Gasteiger partial charge in [-0.2, -0.15) is 0 Å². The second-order valence-corrected chi connectivity index (χ2v) is 4.22. The van der Waals surface area contributed by atoms with E-state index in [1.807, 2.05) is 24.3 Å². The number of rotatable bonds is 3. The first-order valence-electron chi connectivity index (χ1n) is 5.98. The normalized spacial score (nSPS) is 19.7. The zero-order valence-corrected chi connectivity index (χ0v) is 10.0. The third kappa shape index (κ3) is 3.20. The van der Waals surface area contributed by atoms with E-state index in [9.17, 15) is 4.79 Å². The van der Waals surface area contributed by atoms with Crippen molar-refractivity contribution < 1.29 is 9.53 Å². The Morgan fingerprint density at radius 3 is 3.06 bits per heavy atom. The molecule has 0 aromatic heterocycles. The highest BCUT2D eigenvalue weighted by molar-refractivity contribution is 5.95. The van der Waals surface area contributed by atoms with Crippen molar-refractivity contribution in [2.24, 2.45) is 0 Å². The maximum atomic E-state index is 12.0. The SMILES string of the molecule is COc1cccc(NC(=O)[C@@H]2CCCCN2)c1. The molecule has 0 radical (unpaired) electrons. The zero-order valence-electron chi connectivity index (χ0n) is 10.0. The van der Waals surface area contributed by atoms with Crippen LogP contribution in [-0.2, 0) is 4.79 Å². The number of hydrogen-bond donors (Lipinski definition) is 2. The Morgan fingerprint density at radius 1 is 1.47 bits per heavy atom. The van der Waals surface area contributed by atoms with E-state index < -0.39 is 0 Å². The van der Waals surface area contributed by atoms with Gasteiger partial charge in [0.25, 0.3) is 0 Å². The molecule has 1 aromatic carbocycles. The minimum Gasteiger partial charge on any atom is -0.497 e. The largest absolute Gasteiger partial charge is 0.497 e. The summed E-state index contributed by atoms with van der Waals surface area (Å²) in [5.74, 6) is 0.789. The Hall–Kier alpha value is -1.55. The molecule has 1 heterocycles. The third-order valence-electron chi connectivity index (χ3n) is 2.96. The molecule has 1 aromatic rings. The van der Waals surface area contributed by atoms with E-state index in [1.54, 1.807) is 7.11 Å². The maximum absolute atomic E-state index is 12.0. The van der Waals surface area contributed by atoms with E-state index in [1.165, 1.54) is 0 Å². The van der Waals surface area contributed by atoms with Crippen molar-refractivity contribution in [2.75, 3.05) is 19.0 Å². The fraction of sp³-hybridized carbons (Fsp3) is 0.462. The average Bonchev–Trinajstić information content (AvgIpc) is 2.40. The average molecular weight is 234 g/mol. The van der Waals surface area contributed by atoms with E-state index in [4.69, 9.17) is 4.74 Å². The number of ether oxygens (including phenoxy) is 1. The van der Waals surface area contributed by atoms with Gasteiger partial charge in [0.15, 0.2) is 0 Å². The Morgan fingerprint density at radius 2 is 2.35 bits per heavy atom. The predicted molar refractivity (Wildman–Crippen MR) is 67.3 cm³/mol. The van der Waals surface area contributed by atoms with Crippen LogP contribution in [0.3, 0.4) is 0 Å². The molecule has 0 spiro atoms. The summed E-state index contributed by atoms with van der Waals surface area (Å²) in [6.07, 6.45) is 3.18. The Balaban J connectivity index is 1.96. The molecule has 0 unspecified atom stereocenters. The van der Waals surface area contributed by atoms with E-state index in [0.29, 0.717) is 0 Å². The number of benzene rings is 1. The molecule has 2 N–H and O–H groups in total. The van der Waals surface area contributed by atoms with Gasteiger partial charge in [-0.25, -0.2) is 0 Å². The van der Waals surface area contributed by atoms with Gasteiger partial charge in [0.05, 0.1) is 13.2 Å². The monoisotopic (exact) mass is 234 g/mol. The van der Waals surface area contributed by atoms with Crippen LogP contribution in [0.4, 0.5) is 5.69 Å². The minimum absolute atomic E-state index is 0.0398. The molecule has 4 heteroatoms. The first-order chi connectivity index (χ1) is 8.29. The highest BCUT2D eigenvalue weighted by atomic mass is 16.5. The van der Waals surface area contributed by atoms with Gasteiger partial charge in [-0.05, 0) is 31.5 Å². The van der Waals surface area contributed by atoms with Crippen molar-refractivity contribution in [1.82, 2.24) is 5.32 Å². The standard InChI is InChI=1S/C13H18N2O2/c1-17-11-6-4-5-10(9-11)15-13(16)12-7-2-3-8-14-12/h4-6,9,12,14H,2-3,7-8H2,1H3,(H,15,16)/t12-/m0/s1. The van der Waals surface area contributed by atoms with E-state index in [-0.39, 0.29) is 11.9 Å². The Bertz CT molecular complexity index is 387. The second kappa shape index (κ2) is 5.68. The van der Waals surface area contributed by atoms with Crippen LogP contribution in [0.15, 0.2) is 24.3 Å². The summed E-state index contributed by atoms with van der Waals surface area (Å²) in [4.78, 5) is 12.0. The van der Waals surface area contributed by atoms with E-state index in [2.05, 4.69) is 10.6 Å². The molecular formula is C13H18N2O2. The molecule has 0 aliphatic carbocycles. The molecule has 17 heavy (non-hydrogen) atoms. The highest BCUT2D eigenvalue weighted by Gasteiger charge is 2.20. The van der Waals surface area contributed by atoms with Crippen LogP contribution < -0.4 is 15.4 Å². The van der Waals surface area contributed by atoms with Crippen LogP contribution in [-0.4, -0.2) is 25.6 Å². The minimum atomic E-state index is -0.0602. The van der Waals surface area contributed by atoms with Gasteiger partial charge in [-0.3, -0.25) is 4.79 Å². The zero-order chi connectivity index (χ0) is 12.1. The summed E-state index contributed by atoms with van der Waals surface area (Å²) in [5, 5.41) is 6.13. The van der Waals surface area contributed by atoms with Gasteiger partial charge >= 0.3 is 0 Å². The number of piperidine rings is 1. The first-order valence-corrected chi connectivity index (χ1v) is 5.98. The van der Waals surface area contributed by atoms with Gasteiger partial charge < -0.3 is 15.4 Å². The van der Waals surface area contributed by atoms with Gasteiger partial charge in [0, 0.05) is 11.8 Å². The first kappa shape index (κ1) is 11.9. The highest BCUT2D eigenvalue weighted by Crippen LogP contribution is 2.17. The lowest BCUT2D eigenvalue weighted by Gasteiger charge is -2.22. The Kier molecular flexibility index (Phi) is 3.98. The summed E-state index contributed by atoms with van der Waals surface area (Å²) in [7, 11) is 1.61. The summed E-state index contributed by atoms with van der Waals surface area (Å²) < 4.78 is 5.11. The molecule has 1 aliphatic heterocycles. The van der Waals surface area contributed by atoms with Crippen LogP contribution in [0, 0.1) is 0 Å². The number of carbonyl (C=O) groups excluding carboxylic acids is 1. The number of nitrogens with one attached hydrogen (secondary N) is 2. The summed E-state index contributed by atoms with van der Waals surface area (Å²) in [5.41, 5.74) is 0.779. The van der Waals surface area contributed by atoms with E-state index in [0.717, 1.165) is 37.2 Å². The van der Waals surface area contributed by atoms with Crippen molar-refractivity contribution >= 4 is 11.6 Å². The van der Waals surface area contributed by atoms with Gasteiger partial charge in [0.2, 0.25) is 5.91 Å². The van der Waals surface area contributed by atoms with Crippen LogP contribution in [0.5, 0.6) is 5.75 Å². The number of amides is 1. The topological polar surface area (TPSA) is 50.4 Å². The van der Waals surface area contributed by atoms with Crippen LogP contribution in [0.1, 0.15) is 19.3 Å². The number of anilines is 1. The summed E-state index contributed by atoms with van der Waals surface area (Å²) >= 11 is 0. The molecule has 0 saturated carbocycles. The van der Waals surface area contributed by atoms with Gasteiger partial charge in [-0.1, -0.05) is 12.5 Å². The molecule has 0 bridgehead atoms. The Labute approximate surface area is 101 Å². The smallest absolute Gasteiger partial charge is 0.241 e. The molecule has 1 aliphatic rings. The summed E-state index contributed by atoms with van der Waals surface area (Å²) in [6.45, 7) is 0.927. The predicted octanol–water partition coefficient (Wildman–Crippen LogP) is 1.78. The molecule has 1 atom stereocenters. The van der Waals surface area contributed by atoms with Crippen LogP contribution in [0.2, 0.25) is 0 Å². The fourth-order valence-corrected chi connectivity index (χ4v) is 2.01. The molecule has 1 saturated heterocycles. The molecule has 92 valence electrons. The molecule has 1 amide bonds.